The number of methoxy groups -OCH3 is 1. The fourth-order valence-corrected chi connectivity index (χ4v) is 3.00. The van der Waals surface area contributed by atoms with Gasteiger partial charge in [-0.25, -0.2) is 0 Å². The van der Waals surface area contributed by atoms with Crippen LogP contribution in [0.3, 0.4) is 0 Å². The molecule has 1 amide bonds. The van der Waals surface area contributed by atoms with Crippen molar-refractivity contribution in [3.05, 3.63) is 0 Å². The normalized spacial score (nSPS) is 22.2. The molecule has 0 spiro atoms. The number of nitrogens with two attached hydrogens (primary N) is 1. The van der Waals surface area contributed by atoms with Crippen molar-refractivity contribution in [2.24, 2.45) is 11.7 Å². The van der Waals surface area contributed by atoms with Gasteiger partial charge in [-0.05, 0) is 31.6 Å². The van der Waals surface area contributed by atoms with Crippen LogP contribution in [-0.2, 0) is 9.53 Å². The minimum Gasteiger partial charge on any atom is -0.380 e. The van der Waals surface area contributed by atoms with E-state index in [2.05, 4.69) is 4.90 Å². The van der Waals surface area contributed by atoms with Gasteiger partial charge in [-0.3, -0.25) is 4.79 Å². The summed E-state index contributed by atoms with van der Waals surface area (Å²) in [6.45, 7) is 1.38. The van der Waals surface area contributed by atoms with Gasteiger partial charge in [0.2, 0.25) is 5.91 Å². The Labute approximate surface area is 116 Å². The Morgan fingerprint density at radius 1 is 1.26 bits per heavy atom. The second kappa shape index (κ2) is 7.25. The van der Waals surface area contributed by atoms with Crippen molar-refractivity contribution in [2.75, 3.05) is 20.2 Å². The van der Waals surface area contributed by atoms with Crippen LogP contribution < -0.4 is 5.73 Å². The molecule has 2 aliphatic rings. The van der Waals surface area contributed by atoms with E-state index in [0.717, 1.165) is 12.5 Å². The summed E-state index contributed by atoms with van der Waals surface area (Å²) in [4.78, 5) is 14.7. The first kappa shape index (κ1) is 14.8. The Morgan fingerprint density at radius 3 is 2.47 bits per heavy atom. The molecule has 0 aromatic heterocycles. The molecule has 0 heterocycles. The Hall–Kier alpha value is -0.610. The third-order valence-corrected chi connectivity index (χ3v) is 4.49. The van der Waals surface area contributed by atoms with Crippen molar-refractivity contribution >= 4 is 5.91 Å². The largest absolute Gasteiger partial charge is 0.380 e. The summed E-state index contributed by atoms with van der Waals surface area (Å²) in [6, 6.07) is 0.470. The van der Waals surface area contributed by atoms with Crippen LogP contribution in [0.5, 0.6) is 0 Å². The number of carbonyl (C=O) groups excluding carboxylic acids is 1. The smallest absolute Gasteiger partial charge is 0.225 e. The Bertz CT molecular complexity index is 282. The third kappa shape index (κ3) is 4.46. The first-order valence-electron chi connectivity index (χ1n) is 7.77. The van der Waals surface area contributed by atoms with Gasteiger partial charge in [-0.1, -0.05) is 19.3 Å². The molecule has 2 saturated carbocycles. The molecule has 0 radical (unpaired) electrons. The number of hydrogen-bond acceptors (Lipinski definition) is 3. The number of amides is 1. The summed E-state index contributed by atoms with van der Waals surface area (Å²) >= 11 is 0. The van der Waals surface area contributed by atoms with Crippen molar-refractivity contribution < 1.29 is 9.53 Å². The highest BCUT2D eigenvalue weighted by Crippen LogP contribution is 2.33. The highest BCUT2D eigenvalue weighted by molar-refractivity contribution is 5.77. The predicted molar refractivity (Wildman–Crippen MR) is 75.8 cm³/mol. The van der Waals surface area contributed by atoms with Crippen LogP contribution in [0.2, 0.25) is 0 Å². The summed E-state index contributed by atoms with van der Waals surface area (Å²) < 4.78 is 5.26. The van der Waals surface area contributed by atoms with E-state index in [-0.39, 0.29) is 12.0 Å². The van der Waals surface area contributed by atoms with E-state index >= 15 is 0 Å². The fraction of sp³-hybridized carbons (Fsp3) is 0.933. The van der Waals surface area contributed by atoms with Gasteiger partial charge in [0.15, 0.2) is 0 Å². The van der Waals surface area contributed by atoms with Gasteiger partial charge in [-0.15, -0.1) is 0 Å². The van der Waals surface area contributed by atoms with Gasteiger partial charge in [0, 0.05) is 26.2 Å². The van der Waals surface area contributed by atoms with E-state index in [1.165, 1.54) is 44.9 Å². The predicted octanol–water partition coefficient (Wildman–Crippen LogP) is 1.92. The first-order valence-corrected chi connectivity index (χ1v) is 7.77. The maximum atomic E-state index is 12.5. The van der Waals surface area contributed by atoms with Crippen LogP contribution in [0.15, 0.2) is 0 Å². The van der Waals surface area contributed by atoms with Crippen molar-refractivity contribution in [1.29, 1.82) is 0 Å². The fourth-order valence-electron chi connectivity index (χ4n) is 3.00. The van der Waals surface area contributed by atoms with Gasteiger partial charge in [0.1, 0.15) is 0 Å². The van der Waals surface area contributed by atoms with E-state index in [1.807, 2.05) is 0 Å². The Kier molecular flexibility index (Phi) is 5.64. The maximum absolute atomic E-state index is 12.5. The highest BCUT2D eigenvalue weighted by atomic mass is 16.5. The average Bonchev–Trinajstić information content (AvgIpc) is 3.27. The standard InChI is InChI=1S/C15H28N2O2/c1-19-14(10-16)9-15(18)17(11-12-7-8-12)13-5-3-2-4-6-13/h12-14H,2-11,16H2,1H3. The molecule has 0 aliphatic heterocycles. The van der Waals surface area contributed by atoms with E-state index < -0.39 is 0 Å². The van der Waals surface area contributed by atoms with E-state index in [0.29, 0.717) is 19.0 Å². The molecule has 0 aromatic carbocycles. The topological polar surface area (TPSA) is 55.6 Å². The number of ether oxygens (including phenoxy) is 1. The molecule has 1 unspecified atom stereocenters. The molecule has 1 atom stereocenters. The van der Waals surface area contributed by atoms with Crippen molar-refractivity contribution in [3.8, 4) is 0 Å². The van der Waals surface area contributed by atoms with Crippen LogP contribution in [0.1, 0.15) is 51.4 Å². The Morgan fingerprint density at radius 2 is 1.95 bits per heavy atom. The molecule has 2 N–H and O–H groups in total. The van der Waals surface area contributed by atoms with Crippen molar-refractivity contribution in [2.45, 2.75) is 63.5 Å². The molecule has 2 rings (SSSR count). The molecular weight excluding hydrogens is 240 g/mol. The molecule has 0 bridgehead atoms. The first-order chi connectivity index (χ1) is 9.24. The van der Waals surface area contributed by atoms with E-state index in [9.17, 15) is 4.79 Å². The molecule has 0 aromatic rings. The molecule has 19 heavy (non-hydrogen) atoms. The maximum Gasteiger partial charge on any atom is 0.225 e. The summed E-state index contributed by atoms with van der Waals surface area (Å²) in [7, 11) is 1.64. The molecular formula is C15H28N2O2. The van der Waals surface area contributed by atoms with Gasteiger partial charge in [0.25, 0.3) is 0 Å². The van der Waals surface area contributed by atoms with Gasteiger partial charge >= 0.3 is 0 Å². The van der Waals surface area contributed by atoms with E-state index in [4.69, 9.17) is 10.5 Å². The summed E-state index contributed by atoms with van der Waals surface area (Å²) in [5.41, 5.74) is 5.63. The Balaban J connectivity index is 1.92. The van der Waals surface area contributed by atoms with Gasteiger partial charge < -0.3 is 15.4 Å². The van der Waals surface area contributed by atoms with Gasteiger partial charge in [-0.2, -0.15) is 0 Å². The van der Waals surface area contributed by atoms with Gasteiger partial charge in [0.05, 0.1) is 12.5 Å². The van der Waals surface area contributed by atoms with Crippen molar-refractivity contribution in [3.63, 3.8) is 0 Å². The van der Waals surface area contributed by atoms with E-state index in [1.54, 1.807) is 7.11 Å². The minimum absolute atomic E-state index is 0.127. The number of carbonyl (C=O) groups is 1. The monoisotopic (exact) mass is 268 g/mol. The zero-order chi connectivity index (χ0) is 13.7. The lowest BCUT2D eigenvalue weighted by Crippen LogP contribution is -2.44. The summed E-state index contributed by atoms with van der Waals surface area (Å²) in [6.07, 6.45) is 9.12. The summed E-state index contributed by atoms with van der Waals surface area (Å²) in [5.74, 6) is 1.00. The number of nitrogens with zero attached hydrogens (tertiary/aromatic N) is 1. The minimum atomic E-state index is -0.127. The summed E-state index contributed by atoms with van der Waals surface area (Å²) in [5, 5.41) is 0. The third-order valence-electron chi connectivity index (χ3n) is 4.49. The van der Waals surface area contributed by atoms with Crippen molar-refractivity contribution in [1.82, 2.24) is 4.90 Å². The molecule has 2 fully saturated rings. The molecule has 0 saturated heterocycles. The zero-order valence-corrected chi connectivity index (χ0v) is 12.1. The molecule has 2 aliphatic carbocycles. The number of hydrogen-bond donors (Lipinski definition) is 1. The second-order valence-electron chi connectivity index (χ2n) is 6.08. The SMILES string of the molecule is COC(CN)CC(=O)N(CC1CC1)C1CCCCC1. The molecule has 4 nitrogen and oxygen atoms in total. The van der Waals surface area contributed by atoms with Crippen LogP contribution in [0.4, 0.5) is 0 Å². The van der Waals surface area contributed by atoms with Crippen LogP contribution >= 0.6 is 0 Å². The quantitative estimate of drug-likeness (QED) is 0.767. The van der Waals surface area contributed by atoms with Crippen LogP contribution in [-0.4, -0.2) is 43.2 Å². The second-order valence-corrected chi connectivity index (χ2v) is 6.08. The zero-order valence-electron chi connectivity index (χ0n) is 12.1. The highest BCUT2D eigenvalue weighted by Gasteiger charge is 2.32. The lowest BCUT2D eigenvalue weighted by atomic mass is 9.93. The lowest BCUT2D eigenvalue weighted by molar-refractivity contribution is -0.137. The number of rotatable bonds is 7. The van der Waals surface area contributed by atoms with Crippen LogP contribution in [0, 0.1) is 5.92 Å². The molecule has 4 heteroatoms. The average molecular weight is 268 g/mol. The molecule has 110 valence electrons. The lowest BCUT2D eigenvalue weighted by Gasteiger charge is -2.35. The van der Waals surface area contributed by atoms with Crippen LogP contribution in [0.25, 0.3) is 0 Å².